The maximum atomic E-state index is 12.0. The lowest BCUT2D eigenvalue weighted by Gasteiger charge is -2.12. The van der Waals surface area contributed by atoms with E-state index in [1.54, 1.807) is 18.2 Å². The molecule has 1 aromatic heterocycles. The topological polar surface area (TPSA) is 98.0 Å². The van der Waals surface area contributed by atoms with E-state index >= 15 is 0 Å². The third-order valence-corrected chi connectivity index (χ3v) is 2.65. The van der Waals surface area contributed by atoms with Crippen LogP contribution in [0.4, 0.5) is 0 Å². The summed E-state index contributed by atoms with van der Waals surface area (Å²) in [5.74, 6) is 1.05. The number of fused-ring (bicyclic) bond motifs is 1. The van der Waals surface area contributed by atoms with Gasteiger partial charge in [-0.05, 0) is 12.1 Å². The number of benzene rings is 1. The SMILES string of the molecule is C#CC[C@H](NC(=O)c1cnc2ccccc2n1)C(N)=O. The van der Waals surface area contributed by atoms with Gasteiger partial charge >= 0.3 is 0 Å². The van der Waals surface area contributed by atoms with Crippen LogP contribution in [-0.4, -0.2) is 27.8 Å². The van der Waals surface area contributed by atoms with Crippen molar-refractivity contribution in [3.8, 4) is 12.3 Å². The molecule has 2 amide bonds. The molecule has 6 heteroatoms. The first kappa shape index (κ1) is 13.5. The van der Waals surface area contributed by atoms with Crippen LogP contribution < -0.4 is 11.1 Å². The van der Waals surface area contributed by atoms with E-state index in [2.05, 4.69) is 21.2 Å². The first-order valence-corrected chi connectivity index (χ1v) is 5.87. The molecule has 0 saturated carbocycles. The van der Waals surface area contributed by atoms with Crippen LogP contribution in [0.5, 0.6) is 0 Å². The van der Waals surface area contributed by atoms with E-state index in [-0.39, 0.29) is 12.1 Å². The highest BCUT2D eigenvalue weighted by molar-refractivity contribution is 5.96. The van der Waals surface area contributed by atoms with Gasteiger partial charge in [0, 0.05) is 6.42 Å². The van der Waals surface area contributed by atoms with Gasteiger partial charge < -0.3 is 11.1 Å². The Labute approximate surface area is 115 Å². The fourth-order valence-electron chi connectivity index (χ4n) is 1.64. The molecule has 0 radical (unpaired) electrons. The Hall–Kier alpha value is -2.94. The number of para-hydroxylation sites is 2. The van der Waals surface area contributed by atoms with Crippen molar-refractivity contribution in [3.63, 3.8) is 0 Å². The van der Waals surface area contributed by atoms with Gasteiger partial charge in [0.1, 0.15) is 11.7 Å². The van der Waals surface area contributed by atoms with Crippen molar-refractivity contribution >= 4 is 22.8 Å². The molecular weight excluding hydrogens is 256 g/mol. The van der Waals surface area contributed by atoms with Crippen molar-refractivity contribution in [2.75, 3.05) is 0 Å². The zero-order valence-electron chi connectivity index (χ0n) is 10.5. The normalized spacial score (nSPS) is 11.6. The second kappa shape index (κ2) is 5.80. The Bertz CT molecular complexity index is 706. The fourth-order valence-corrected chi connectivity index (χ4v) is 1.64. The van der Waals surface area contributed by atoms with E-state index in [9.17, 15) is 9.59 Å². The van der Waals surface area contributed by atoms with Gasteiger partial charge in [-0.25, -0.2) is 4.98 Å². The molecule has 6 nitrogen and oxygen atoms in total. The molecule has 2 rings (SSSR count). The van der Waals surface area contributed by atoms with Crippen LogP contribution in [0.1, 0.15) is 16.9 Å². The molecule has 20 heavy (non-hydrogen) atoms. The van der Waals surface area contributed by atoms with Crippen molar-refractivity contribution in [3.05, 3.63) is 36.2 Å². The van der Waals surface area contributed by atoms with Gasteiger partial charge in [0.25, 0.3) is 5.91 Å². The lowest BCUT2D eigenvalue weighted by molar-refractivity contribution is -0.119. The number of rotatable bonds is 4. The Morgan fingerprint density at radius 1 is 1.35 bits per heavy atom. The fraction of sp³-hybridized carbons (Fsp3) is 0.143. The number of nitrogens with zero attached hydrogens (tertiary/aromatic N) is 2. The molecule has 0 unspecified atom stereocenters. The number of hydrogen-bond donors (Lipinski definition) is 2. The third-order valence-electron chi connectivity index (χ3n) is 2.65. The van der Waals surface area contributed by atoms with E-state index in [4.69, 9.17) is 12.2 Å². The Morgan fingerprint density at radius 2 is 2.05 bits per heavy atom. The Balaban J connectivity index is 2.22. The number of nitrogens with one attached hydrogen (secondary N) is 1. The first-order chi connectivity index (χ1) is 9.61. The van der Waals surface area contributed by atoms with Crippen LogP contribution in [0, 0.1) is 12.3 Å². The molecule has 0 saturated heterocycles. The lowest BCUT2D eigenvalue weighted by Crippen LogP contribution is -2.44. The number of hydrogen-bond acceptors (Lipinski definition) is 4. The quantitative estimate of drug-likeness (QED) is 0.776. The van der Waals surface area contributed by atoms with E-state index in [1.165, 1.54) is 6.20 Å². The molecule has 2 aromatic rings. The molecule has 0 aliphatic carbocycles. The van der Waals surface area contributed by atoms with E-state index in [0.717, 1.165) is 0 Å². The molecule has 100 valence electrons. The molecule has 0 fully saturated rings. The van der Waals surface area contributed by atoms with Crippen molar-refractivity contribution in [2.45, 2.75) is 12.5 Å². The monoisotopic (exact) mass is 268 g/mol. The largest absolute Gasteiger partial charge is 0.368 e. The maximum absolute atomic E-state index is 12.0. The summed E-state index contributed by atoms with van der Waals surface area (Å²) >= 11 is 0. The minimum Gasteiger partial charge on any atom is -0.368 e. The number of amides is 2. The number of aromatic nitrogens is 2. The number of carbonyl (C=O) groups is 2. The van der Waals surface area contributed by atoms with Crippen molar-refractivity contribution in [1.29, 1.82) is 0 Å². The third kappa shape index (κ3) is 2.90. The van der Waals surface area contributed by atoms with Crippen LogP contribution in [0.25, 0.3) is 11.0 Å². The number of terminal acetylenes is 1. The maximum Gasteiger partial charge on any atom is 0.272 e. The van der Waals surface area contributed by atoms with Crippen molar-refractivity contribution < 1.29 is 9.59 Å². The first-order valence-electron chi connectivity index (χ1n) is 5.87. The second-order valence-electron chi connectivity index (χ2n) is 4.08. The van der Waals surface area contributed by atoms with Gasteiger partial charge in [0.15, 0.2) is 0 Å². The summed E-state index contributed by atoms with van der Waals surface area (Å²) in [6.07, 6.45) is 6.49. The van der Waals surface area contributed by atoms with Crippen LogP contribution in [0.15, 0.2) is 30.5 Å². The molecule has 1 atom stereocenters. The second-order valence-corrected chi connectivity index (χ2v) is 4.08. The summed E-state index contributed by atoms with van der Waals surface area (Å²) < 4.78 is 0. The summed E-state index contributed by atoms with van der Waals surface area (Å²) in [6, 6.07) is 6.23. The van der Waals surface area contributed by atoms with Gasteiger partial charge in [-0.2, -0.15) is 0 Å². The zero-order valence-corrected chi connectivity index (χ0v) is 10.5. The molecule has 0 bridgehead atoms. The molecule has 3 N–H and O–H groups in total. The predicted octanol–water partition coefficient (Wildman–Crippen LogP) is 0.237. The Morgan fingerprint density at radius 3 is 2.70 bits per heavy atom. The minimum atomic E-state index is -0.916. The molecule has 0 aliphatic heterocycles. The summed E-state index contributed by atoms with van der Waals surface area (Å²) in [4.78, 5) is 31.4. The zero-order chi connectivity index (χ0) is 14.5. The van der Waals surface area contributed by atoms with Gasteiger partial charge in [-0.1, -0.05) is 12.1 Å². The highest BCUT2D eigenvalue weighted by Gasteiger charge is 2.19. The number of carbonyl (C=O) groups excluding carboxylic acids is 2. The minimum absolute atomic E-state index is 0.0298. The summed E-state index contributed by atoms with van der Waals surface area (Å²) in [6.45, 7) is 0. The molecule has 1 heterocycles. The van der Waals surface area contributed by atoms with Crippen LogP contribution >= 0.6 is 0 Å². The van der Waals surface area contributed by atoms with Crippen LogP contribution in [-0.2, 0) is 4.79 Å². The number of nitrogens with two attached hydrogens (primary N) is 1. The highest BCUT2D eigenvalue weighted by Crippen LogP contribution is 2.08. The highest BCUT2D eigenvalue weighted by atomic mass is 16.2. The van der Waals surface area contributed by atoms with Gasteiger partial charge in [-0.3, -0.25) is 14.6 Å². The summed E-state index contributed by atoms with van der Waals surface area (Å²) in [5, 5.41) is 2.44. The number of primary amides is 1. The van der Waals surface area contributed by atoms with Crippen molar-refractivity contribution in [1.82, 2.24) is 15.3 Å². The van der Waals surface area contributed by atoms with Crippen molar-refractivity contribution in [2.24, 2.45) is 5.73 Å². The van der Waals surface area contributed by atoms with Crippen LogP contribution in [0.3, 0.4) is 0 Å². The Kier molecular flexibility index (Phi) is 3.91. The average molecular weight is 268 g/mol. The molecule has 0 spiro atoms. The van der Waals surface area contributed by atoms with E-state index in [1.807, 2.05) is 6.07 Å². The molecule has 0 aliphatic rings. The smallest absolute Gasteiger partial charge is 0.272 e. The summed E-state index contributed by atoms with van der Waals surface area (Å²) in [5.41, 5.74) is 6.53. The summed E-state index contributed by atoms with van der Waals surface area (Å²) in [7, 11) is 0. The van der Waals surface area contributed by atoms with E-state index in [0.29, 0.717) is 11.0 Å². The average Bonchev–Trinajstić information content (AvgIpc) is 2.46. The van der Waals surface area contributed by atoms with Gasteiger partial charge in [0.2, 0.25) is 5.91 Å². The molecular formula is C14H12N4O2. The standard InChI is InChI=1S/C14H12N4O2/c1-2-5-11(13(15)19)18-14(20)12-8-16-9-6-3-4-7-10(9)17-12/h1,3-4,6-8,11H,5H2,(H2,15,19)(H,18,20)/t11-/m0/s1. The van der Waals surface area contributed by atoms with Gasteiger partial charge in [0.05, 0.1) is 17.2 Å². The van der Waals surface area contributed by atoms with Crippen LogP contribution in [0.2, 0.25) is 0 Å². The van der Waals surface area contributed by atoms with Gasteiger partial charge in [-0.15, -0.1) is 12.3 Å². The lowest BCUT2D eigenvalue weighted by atomic mass is 10.2. The predicted molar refractivity (Wildman–Crippen MR) is 73.4 cm³/mol. The molecule has 1 aromatic carbocycles. The van der Waals surface area contributed by atoms with E-state index < -0.39 is 17.9 Å².